The van der Waals surface area contributed by atoms with E-state index < -0.39 is 0 Å². The van der Waals surface area contributed by atoms with Crippen molar-refractivity contribution in [1.82, 2.24) is 10.2 Å². The topological polar surface area (TPSA) is 50.8 Å². The van der Waals surface area contributed by atoms with Crippen LogP contribution in [0.3, 0.4) is 0 Å². The molecule has 22 heavy (non-hydrogen) atoms. The fourth-order valence-electron chi connectivity index (χ4n) is 2.53. The van der Waals surface area contributed by atoms with Gasteiger partial charge in [0.2, 0.25) is 0 Å². The third-order valence-corrected chi connectivity index (χ3v) is 3.71. The number of methoxy groups -OCH3 is 1. The molecule has 0 aliphatic carbocycles. The molecule has 122 valence electrons. The van der Waals surface area contributed by atoms with E-state index >= 15 is 0 Å². The molecule has 1 heterocycles. The monoisotopic (exact) mass is 306 g/mol. The standard InChI is InChI=1S/C17H26N2O3/c1-13(2)22-16-5-4-14(12-17(16)21-3)15(20)6-9-19-10-7-18-8-11-19/h4-5,12-13,18H,6-11H2,1-3H3. The molecule has 1 aromatic carbocycles. The summed E-state index contributed by atoms with van der Waals surface area (Å²) in [6.45, 7) is 8.77. The Balaban J connectivity index is 1.96. The second kappa shape index (κ2) is 8.15. The molecule has 5 heteroatoms. The van der Waals surface area contributed by atoms with Gasteiger partial charge >= 0.3 is 0 Å². The molecule has 0 atom stereocenters. The summed E-state index contributed by atoms with van der Waals surface area (Å²) in [4.78, 5) is 14.7. The highest BCUT2D eigenvalue weighted by atomic mass is 16.5. The zero-order valence-electron chi connectivity index (χ0n) is 13.7. The van der Waals surface area contributed by atoms with E-state index in [2.05, 4.69) is 10.2 Å². The maximum atomic E-state index is 12.4. The van der Waals surface area contributed by atoms with Gasteiger partial charge in [-0.3, -0.25) is 4.79 Å². The second-order valence-electron chi connectivity index (χ2n) is 5.80. The Bertz CT molecular complexity index is 497. The highest BCUT2D eigenvalue weighted by molar-refractivity contribution is 5.96. The van der Waals surface area contributed by atoms with Crippen LogP contribution in [0.1, 0.15) is 30.6 Å². The summed E-state index contributed by atoms with van der Waals surface area (Å²) in [5.74, 6) is 1.44. The van der Waals surface area contributed by atoms with E-state index in [-0.39, 0.29) is 11.9 Å². The molecule has 1 aliphatic heterocycles. The van der Waals surface area contributed by atoms with Gasteiger partial charge in [-0.1, -0.05) is 0 Å². The number of nitrogens with one attached hydrogen (secondary N) is 1. The Labute approximate surface area is 132 Å². The molecule has 0 amide bonds. The zero-order valence-corrected chi connectivity index (χ0v) is 13.7. The second-order valence-corrected chi connectivity index (χ2v) is 5.80. The van der Waals surface area contributed by atoms with E-state index in [0.29, 0.717) is 23.5 Å². The van der Waals surface area contributed by atoms with Crippen molar-refractivity contribution in [3.63, 3.8) is 0 Å². The number of hydrogen-bond acceptors (Lipinski definition) is 5. The lowest BCUT2D eigenvalue weighted by Crippen LogP contribution is -2.44. The summed E-state index contributed by atoms with van der Waals surface area (Å²) in [5.41, 5.74) is 0.683. The van der Waals surface area contributed by atoms with E-state index in [9.17, 15) is 4.79 Å². The van der Waals surface area contributed by atoms with E-state index in [1.54, 1.807) is 13.2 Å². The van der Waals surface area contributed by atoms with Crippen molar-refractivity contribution in [2.45, 2.75) is 26.4 Å². The molecule has 1 aliphatic rings. The number of benzene rings is 1. The first kappa shape index (κ1) is 16.8. The lowest BCUT2D eigenvalue weighted by Gasteiger charge is -2.26. The molecular weight excluding hydrogens is 280 g/mol. The van der Waals surface area contributed by atoms with Crippen LogP contribution in [-0.4, -0.2) is 56.6 Å². The van der Waals surface area contributed by atoms with Gasteiger partial charge in [0.1, 0.15) is 0 Å². The number of rotatable bonds is 7. The summed E-state index contributed by atoms with van der Waals surface area (Å²) in [6.07, 6.45) is 0.608. The smallest absolute Gasteiger partial charge is 0.164 e. The Morgan fingerprint density at radius 1 is 1.27 bits per heavy atom. The summed E-state index contributed by atoms with van der Waals surface area (Å²) in [7, 11) is 1.59. The molecule has 1 fully saturated rings. The van der Waals surface area contributed by atoms with Gasteiger partial charge in [0.05, 0.1) is 13.2 Å². The fourth-order valence-corrected chi connectivity index (χ4v) is 2.53. The van der Waals surface area contributed by atoms with E-state index in [0.717, 1.165) is 32.7 Å². The lowest BCUT2D eigenvalue weighted by atomic mass is 10.1. The number of nitrogens with zero attached hydrogens (tertiary/aromatic N) is 1. The van der Waals surface area contributed by atoms with Gasteiger partial charge in [0, 0.05) is 44.7 Å². The van der Waals surface area contributed by atoms with Gasteiger partial charge in [-0.05, 0) is 32.0 Å². The van der Waals surface area contributed by atoms with Gasteiger partial charge in [0.25, 0.3) is 0 Å². The van der Waals surface area contributed by atoms with Crippen LogP contribution in [-0.2, 0) is 0 Å². The number of carbonyl (C=O) groups is 1. The van der Waals surface area contributed by atoms with Gasteiger partial charge in [-0.25, -0.2) is 0 Å². The molecule has 0 bridgehead atoms. The highest BCUT2D eigenvalue weighted by Crippen LogP contribution is 2.29. The van der Waals surface area contributed by atoms with Crippen molar-refractivity contribution in [2.24, 2.45) is 0 Å². The Morgan fingerprint density at radius 3 is 2.64 bits per heavy atom. The van der Waals surface area contributed by atoms with Crippen molar-refractivity contribution >= 4 is 5.78 Å². The lowest BCUT2D eigenvalue weighted by molar-refractivity contribution is 0.0960. The maximum Gasteiger partial charge on any atom is 0.164 e. The van der Waals surface area contributed by atoms with Crippen LogP contribution < -0.4 is 14.8 Å². The highest BCUT2D eigenvalue weighted by Gasteiger charge is 2.15. The predicted molar refractivity (Wildman–Crippen MR) is 87.0 cm³/mol. The normalized spacial score (nSPS) is 15.8. The molecule has 0 radical (unpaired) electrons. The van der Waals surface area contributed by atoms with E-state index in [4.69, 9.17) is 9.47 Å². The van der Waals surface area contributed by atoms with Crippen molar-refractivity contribution in [1.29, 1.82) is 0 Å². The number of Topliss-reactive ketones (excluding diaryl/α,β-unsaturated/α-hetero) is 1. The molecular formula is C17H26N2O3. The predicted octanol–water partition coefficient (Wildman–Crippen LogP) is 1.96. The van der Waals surface area contributed by atoms with Crippen molar-refractivity contribution in [3.8, 4) is 11.5 Å². The van der Waals surface area contributed by atoms with Crippen molar-refractivity contribution in [2.75, 3.05) is 39.8 Å². The number of ketones is 1. The third-order valence-electron chi connectivity index (χ3n) is 3.71. The number of carbonyl (C=O) groups excluding carboxylic acids is 1. The van der Waals surface area contributed by atoms with Crippen LogP contribution in [0.4, 0.5) is 0 Å². The van der Waals surface area contributed by atoms with Crippen LogP contribution >= 0.6 is 0 Å². The first-order chi connectivity index (χ1) is 10.6. The number of ether oxygens (including phenoxy) is 2. The Kier molecular flexibility index (Phi) is 6.21. The third kappa shape index (κ3) is 4.71. The summed E-state index contributed by atoms with van der Waals surface area (Å²) in [5, 5.41) is 3.31. The molecule has 1 aromatic rings. The molecule has 5 nitrogen and oxygen atoms in total. The minimum absolute atomic E-state index is 0.0724. The van der Waals surface area contributed by atoms with Crippen LogP contribution in [0, 0.1) is 0 Å². The first-order valence-electron chi connectivity index (χ1n) is 7.91. The quantitative estimate of drug-likeness (QED) is 0.781. The Morgan fingerprint density at radius 2 is 2.00 bits per heavy atom. The van der Waals surface area contributed by atoms with Crippen LogP contribution in [0.5, 0.6) is 11.5 Å². The van der Waals surface area contributed by atoms with Gasteiger partial charge in [0.15, 0.2) is 17.3 Å². The van der Waals surface area contributed by atoms with E-state index in [1.165, 1.54) is 0 Å². The molecule has 0 aromatic heterocycles. The largest absolute Gasteiger partial charge is 0.493 e. The van der Waals surface area contributed by atoms with Crippen molar-refractivity contribution < 1.29 is 14.3 Å². The van der Waals surface area contributed by atoms with Gasteiger partial charge in [-0.2, -0.15) is 0 Å². The van der Waals surface area contributed by atoms with Gasteiger partial charge in [-0.15, -0.1) is 0 Å². The number of hydrogen-bond donors (Lipinski definition) is 1. The van der Waals surface area contributed by atoms with Crippen molar-refractivity contribution in [3.05, 3.63) is 23.8 Å². The van der Waals surface area contributed by atoms with Crippen LogP contribution in [0.25, 0.3) is 0 Å². The van der Waals surface area contributed by atoms with Gasteiger partial charge < -0.3 is 19.7 Å². The molecule has 0 spiro atoms. The minimum atomic E-state index is 0.0724. The molecule has 0 unspecified atom stereocenters. The van der Waals surface area contributed by atoms with Crippen LogP contribution in [0.2, 0.25) is 0 Å². The maximum absolute atomic E-state index is 12.4. The SMILES string of the molecule is COc1cc(C(=O)CCN2CCNCC2)ccc1OC(C)C. The Hall–Kier alpha value is -1.59. The van der Waals surface area contributed by atoms with E-state index in [1.807, 2.05) is 26.0 Å². The minimum Gasteiger partial charge on any atom is -0.493 e. The molecule has 2 rings (SSSR count). The summed E-state index contributed by atoms with van der Waals surface area (Å²) >= 11 is 0. The summed E-state index contributed by atoms with van der Waals surface area (Å²) in [6, 6.07) is 5.41. The molecule has 0 saturated carbocycles. The zero-order chi connectivity index (χ0) is 15.9. The summed E-state index contributed by atoms with van der Waals surface area (Å²) < 4.78 is 11.0. The fraction of sp³-hybridized carbons (Fsp3) is 0.588. The average molecular weight is 306 g/mol. The first-order valence-corrected chi connectivity index (χ1v) is 7.91. The molecule has 1 N–H and O–H groups in total. The number of piperazine rings is 1. The average Bonchev–Trinajstić information content (AvgIpc) is 2.53. The molecule has 1 saturated heterocycles. The van der Waals surface area contributed by atoms with Crippen LogP contribution in [0.15, 0.2) is 18.2 Å².